The molecule has 0 radical (unpaired) electrons. The predicted octanol–water partition coefficient (Wildman–Crippen LogP) is 2.42. The van der Waals surface area contributed by atoms with Crippen LogP contribution < -0.4 is 10.5 Å². The van der Waals surface area contributed by atoms with Gasteiger partial charge < -0.3 is 10.5 Å². The van der Waals surface area contributed by atoms with Crippen LogP contribution in [-0.4, -0.2) is 12.6 Å². The first-order chi connectivity index (χ1) is 6.83. The van der Waals surface area contributed by atoms with E-state index >= 15 is 0 Å². The molecule has 1 rings (SSSR count). The van der Waals surface area contributed by atoms with Crippen LogP contribution >= 0.6 is 0 Å². The average molecular weight is 211 g/mol. The fourth-order valence-electron chi connectivity index (χ4n) is 1.55. The maximum atomic E-state index is 13.7. The van der Waals surface area contributed by atoms with Crippen molar-refractivity contribution in [3.63, 3.8) is 0 Å². The van der Waals surface area contributed by atoms with Gasteiger partial charge in [0.2, 0.25) is 0 Å². The maximum Gasteiger partial charge on any atom is 0.130 e. The number of aryl methyl sites for hydroxylation is 1. The average Bonchev–Trinajstić information content (AvgIpc) is 2.07. The molecular weight excluding hydrogens is 193 g/mol. The van der Waals surface area contributed by atoms with Crippen LogP contribution in [0.4, 0.5) is 4.39 Å². The van der Waals surface area contributed by atoms with E-state index in [0.717, 1.165) is 5.56 Å². The van der Waals surface area contributed by atoms with Crippen molar-refractivity contribution in [1.82, 2.24) is 0 Å². The summed E-state index contributed by atoms with van der Waals surface area (Å²) in [7, 11) is 1.54. The zero-order chi connectivity index (χ0) is 11.6. The first-order valence-electron chi connectivity index (χ1n) is 4.95. The van der Waals surface area contributed by atoms with Gasteiger partial charge in [0.15, 0.2) is 0 Å². The SMILES string of the molecule is COc1cc(C)cc(F)c1CC(C)(C)N. The molecule has 15 heavy (non-hydrogen) atoms. The third-order valence-electron chi connectivity index (χ3n) is 2.15. The summed E-state index contributed by atoms with van der Waals surface area (Å²) in [5.74, 6) is 0.330. The molecule has 0 aliphatic carbocycles. The maximum absolute atomic E-state index is 13.7. The van der Waals surface area contributed by atoms with Crippen LogP contribution in [0.5, 0.6) is 5.75 Å². The molecule has 2 nitrogen and oxygen atoms in total. The van der Waals surface area contributed by atoms with Crippen molar-refractivity contribution in [3.8, 4) is 5.75 Å². The molecule has 0 aliphatic heterocycles. The third kappa shape index (κ3) is 3.20. The predicted molar refractivity (Wildman–Crippen MR) is 59.7 cm³/mol. The number of hydrogen-bond acceptors (Lipinski definition) is 2. The molecule has 0 atom stereocenters. The van der Waals surface area contributed by atoms with Crippen LogP contribution in [0.15, 0.2) is 12.1 Å². The van der Waals surface area contributed by atoms with Crippen LogP contribution in [0, 0.1) is 12.7 Å². The molecule has 0 saturated carbocycles. The molecule has 0 aromatic heterocycles. The molecule has 3 heteroatoms. The van der Waals surface area contributed by atoms with Gasteiger partial charge in [0.25, 0.3) is 0 Å². The fraction of sp³-hybridized carbons (Fsp3) is 0.500. The molecular formula is C12H18FNO. The number of benzene rings is 1. The molecule has 1 aromatic rings. The lowest BCUT2D eigenvalue weighted by Gasteiger charge is -2.20. The van der Waals surface area contributed by atoms with E-state index in [4.69, 9.17) is 10.5 Å². The van der Waals surface area contributed by atoms with E-state index in [2.05, 4.69) is 0 Å². The van der Waals surface area contributed by atoms with Crippen molar-refractivity contribution in [2.45, 2.75) is 32.7 Å². The van der Waals surface area contributed by atoms with Crippen molar-refractivity contribution in [1.29, 1.82) is 0 Å². The van der Waals surface area contributed by atoms with Crippen LogP contribution in [-0.2, 0) is 6.42 Å². The lowest BCUT2D eigenvalue weighted by molar-refractivity contribution is 0.394. The van der Waals surface area contributed by atoms with Crippen molar-refractivity contribution in [2.75, 3.05) is 7.11 Å². The molecule has 0 fully saturated rings. The lowest BCUT2D eigenvalue weighted by atomic mass is 9.94. The summed E-state index contributed by atoms with van der Waals surface area (Å²) in [4.78, 5) is 0. The Bertz CT molecular complexity index is 355. The van der Waals surface area contributed by atoms with Gasteiger partial charge in [0, 0.05) is 11.1 Å². The van der Waals surface area contributed by atoms with Gasteiger partial charge in [0.05, 0.1) is 7.11 Å². The smallest absolute Gasteiger partial charge is 0.130 e. The van der Waals surface area contributed by atoms with E-state index in [-0.39, 0.29) is 5.82 Å². The fourth-order valence-corrected chi connectivity index (χ4v) is 1.55. The lowest BCUT2D eigenvalue weighted by Crippen LogP contribution is -2.34. The monoisotopic (exact) mass is 211 g/mol. The van der Waals surface area contributed by atoms with Crippen LogP contribution in [0.25, 0.3) is 0 Å². The Kier molecular flexibility index (Phi) is 3.35. The van der Waals surface area contributed by atoms with Gasteiger partial charge in [-0.05, 0) is 44.9 Å². The second kappa shape index (κ2) is 4.19. The largest absolute Gasteiger partial charge is 0.496 e. The van der Waals surface area contributed by atoms with Gasteiger partial charge in [-0.15, -0.1) is 0 Å². The molecule has 0 unspecified atom stereocenters. The normalized spacial score (nSPS) is 11.6. The molecule has 0 saturated heterocycles. The number of halogens is 1. The summed E-state index contributed by atoms with van der Waals surface area (Å²) in [5, 5.41) is 0. The standard InChI is InChI=1S/C12H18FNO/c1-8-5-10(13)9(7-12(2,3)14)11(6-8)15-4/h5-6H,7,14H2,1-4H3. The van der Waals surface area contributed by atoms with Gasteiger partial charge in [-0.2, -0.15) is 0 Å². The molecule has 0 amide bonds. The number of rotatable bonds is 3. The molecule has 1 aromatic carbocycles. The van der Waals surface area contributed by atoms with E-state index in [9.17, 15) is 4.39 Å². The second-order valence-electron chi connectivity index (χ2n) is 4.59. The highest BCUT2D eigenvalue weighted by Gasteiger charge is 2.18. The first-order valence-corrected chi connectivity index (χ1v) is 4.95. The summed E-state index contributed by atoms with van der Waals surface area (Å²) in [6.07, 6.45) is 0.461. The number of hydrogen-bond donors (Lipinski definition) is 1. The van der Waals surface area contributed by atoms with Gasteiger partial charge in [0.1, 0.15) is 11.6 Å². The Morgan fingerprint density at radius 1 is 1.40 bits per heavy atom. The number of methoxy groups -OCH3 is 1. The molecule has 84 valence electrons. The summed E-state index contributed by atoms with van der Waals surface area (Å²) in [6, 6.07) is 3.33. The van der Waals surface area contributed by atoms with E-state index in [1.165, 1.54) is 6.07 Å². The van der Waals surface area contributed by atoms with E-state index < -0.39 is 5.54 Å². The molecule has 0 bridgehead atoms. The van der Waals surface area contributed by atoms with E-state index in [0.29, 0.717) is 17.7 Å². The minimum absolute atomic E-state index is 0.245. The van der Waals surface area contributed by atoms with Crippen molar-refractivity contribution in [2.24, 2.45) is 5.73 Å². The highest BCUT2D eigenvalue weighted by Crippen LogP contribution is 2.26. The minimum atomic E-state index is -0.441. The minimum Gasteiger partial charge on any atom is -0.496 e. The van der Waals surface area contributed by atoms with Gasteiger partial charge >= 0.3 is 0 Å². The van der Waals surface area contributed by atoms with Gasteiger partial charge in [-0.25, -0.2) is 4.39 Å². The van der Waals surface area contributed by atoms with Crippen molar-refractivity contribution < 1.29 is 9.13 Å². The Hall–Kier alpha value is -1.09. The quantitative estimate of drug-likeness (QED) is 0.833. The summed E-state index contributed by atoms with van der Waals surface area (Å²) >= 11 is 0. The summed E-state index contributed by atoms with van der Waals surface area (Å²) in [5.41, 5.74) is 6.84. The second-order valence-corrected chi connectivity index (χ2v) is 4.59. The number of nitrogens with two attached hydrogens (primary N) is 1. The molecule has 2 N–H and O–H groups in total. The Balaban J connectivity index is 3.15. The summed E-state index contributed by atoms with van der Waals surface area (Å²) in [6.45, 7) is 5.57. The Morgan fingerprint density at radius 3 is 2.47 bits per heavy atom. The topological polar surface area (TPSA) is 35.2 Å². The van der Waals surface area contributed by atoms with Gasteiger partial charge in [-0.1, -0.05) is 0 Å². The molecule has 0 heterocycles. The van der Waals surface area contributed by atoms with Crippen LogP contribution in [0.2, 0.25) is 0 Å². The highest BCUT2D eigenvalue weighted by atomic mass is 19.1. The van der Waals surface area contributed by atoms with E-state index in [1.54, 1.807) is 7.11 Å². The zero-order valence-corrected chi connectivity index (χ0v) is 9.73. The van der Waals surface area contributed by atoms with Gasteiger partial charge in [-0.3, -0.25) is 0 Å². The zero-order valence-electron chi connectivity index (χ0n) is 9.73. The third-order valence-corrected chi connectivity index (χ3v) is 2.15. The van der Waals surface area contributed by atoms with Crippen LogP contribution in [0.1, 0.15) is 25.0 Å². The van der Waals surface area contributed by atoms with Crippen LogP contribution in [0.3, 0.4) is 0 Å². The van der Waals surface area contributed by atoms with Crippen molar-refractivity contribution >= 4 is 0 Å². The first kappa shape index (κ1) is 12.0. The van der Waals surface area contributed by atoms with E-state index in [1.807, 2.05) is 26.8 Å². The summed E-state index contributed by atoms with van der Waals surface area (Å²) < 4.78 is 18.9. The Labute approximate surface area is 90.2 Å². The molecule has 0 spiro atoms. The molecule has 0 aliphatic rings. The number of ether oxygens (including phenoxy) is 1. The highest BCUT2D eigenvalue weighted by molar-refractivity contribution is 5.39. The van der Waals surface area contributed by atoms with Crippen molar-refractivity contribution in [3.05, 3.63) is 29.1 Å². The Morgan fingerprint density at radius 2 is 2.00 bits per heavy atom.